The highest BCUT2D eigenvalue weighted by molar-refractivity contribution is 6.05. The molecule has 0 aliphatic heterocycles. The summed E-state index contributed by atoms with van der Waals surface area (Å²) in [5.41, 5.74) is 3.42. The summed E-state index contributed by atoms with van der Waals surface area (Å²) in [7, 11) is 0. The number of carbonyl (C=O) groups is 2. The van der Waals surface area contributed by atoms with Crippen LogP contribution in [0.1, 0.15) is 55.4 Å². The molecule has 1 aromatic rings. The number of nitrogens with one attached hydrogen (secondary N) is 1. The number of ether oxygens (including phenoxy) is 1. The van der Waals surface area contributed by atoms with E-state index < -0.39 is 5.97 Å². The number of nitrogens with zero attached hydrogens (tertiary/aromatic N) is 1. The Labute approximate surface area is 148 Å². The maximum atomic E-state index is 12.4. The Kier molecular flexibility index (Phi) is 6.12. The summed E-state index contributed by atoms with van der Waals surface area (Å²) in [6.07, 6.45) is 9.47. The Morgan fingerprint density at radius 2 is 2.16 bits per heavy atom. The first-order valence-electron chi connectivity index (χ1n) is 8.55. The third kappa shape index (κ3) is 5.02. The highest BCUT2D eigenvalue weighted by atomic mass is 16.5. The fourth-order valence-corrected chi connectivity index (χ4v) is 2.93. The molecule has 0 bridgehead atoms. The molecule has 2 rings (SSSR count). The van der Waals surface area contributed by atoms with Gasteiger partial charge >= 0.3 is 5.97 Å². The van der Waals surface area contributed by atoms with Crippen LogP contribution in [0.2, 0.25) is 0 Å². The lowest BCUT2D eigenvalue weighted by Crippen LogP contribution is -2.23. The molecule has 5 heteroatoms. The molecule has 0 saturated carbocycles. The van der Waals surface area contributed by atoms with Gasteiger partial charge < -0.3 is 4.74 Å². The molecule has 1 aromatic heterocycles. The average molecular weight is 342 g/mol. The number of esters is 1. The molecule has 0 spiro atoms. The van der Waals surface area contributed by atoms with E-state index in [4.69, 9.17) is 4.74 Å². The van der Waals surface area contributed by atoms with E-state index in [-0.39, 0.29) is 24.2 Å². The first kappa shape index (κ1) is 18.9. The van der Waals surface area contributed by atoms with Crippen LogP contribution >= 0.6 is 0 Å². The minimum Gasteiger partial charge on any atom is -0.460 e. The molecule has 0 atom stereocenters. The van der Waals surface area contributed by atoms with Crippen molar-refractivity contribution in [2.24, 2.45) is 5.41 Å². The number of allylic oxidation sites excluding steroid dienone is 3. The minimum absolute atomic E-state index is 0.139. The van der Waals surface area contributed by atoms with Crippen molar-refractivity contribution in [1.29, 1.82) is 0 Å². The molecule has 0 aromatic carbocycles. The van der Waals surface area contributed by atoms with E-state index in [9.17, 15) is 9.59 Å². The SMILES string of the molecule is C=C/C=C\C(=C/C)COC(=O)CC(=O)c1n[nH]c2c1CCC(C)(C)C2. The van der Waals surface area contributed by atoms with Gasteiger partial charge in [0.1, 0.15) is 18.7 Å². The number of fused-ring (bicyclic) bond motifs is 1. The highest BCUT2D eigenvalue weighted by Crippen LogP contribution is 2.35. The van der Waals surface area contributed by atoms with Crippen LogP contribution in [0.15, 0.2) is 36.5 Å². The van der Waals surface area contributed by atoms with Gasteiger partial charge in [-0.05, 0) is 37.2 Å². The van der Waals surface area contributed by atoms with Crippen molar-refractivity contribution in [2.45, 2.75) is 46.5 Å². The van der Waals surface area contributed by atoms with Gasteiger partial charge in [0.05, 0.1) is 0 Å². The lowest BCUT2D eigenvalue weighted by Gasteiger charge is -2.28. The van der Waals surface area contributed by atoms with Crippen molar-refractivity contribution in [3.63, 3.8) is 0 Å². The third-order valence-corrected chi connectivity index (χ3v) is 4.45. The monoisotopic (exact) mass is 342 g/mol. The predicted octanol–water partition coefficient (Wildman–Crippen LogP) is 3.73. The first-order valence-corrected chi connectivity index (χ1v) is 8.55. The maximum absolute atomic E-state index is 12.4. The van der Waals surface area contributed by atoms with Crippen LogP contribution in [0.5, 0.6) is 0 Å². The van der Waals surface area contributed by atoms with Crippen LogP contribution in [0.4, 0.5) is 0 Å². The van der Waals surface area contributed by atoms with Crippen molar-refractivity contribution in [3.05, 3.63) is 53.4 Å². The summed E-state index contributed by atoms with van der Waals surface area (Å²) >= 11 is 0. The number of aromatic amines is 1. The van der Waals surface area contributed by atoms with Gasteiger partial charge in [-0.2, -0.15) is 5.10 Å². The number of aromatic nitrogens is 2. The summed E-state index contributed by atoms with van der Waals surface area (Å²) in [4.78, 5) is 24.4. The second kappa shape index (κ2) is 8.10. The molecule has 134 valence electrons. The first-order chi connectivity index (χ1) is 11.9. The number of ketones is 1. The number of carbonyl (C=O) groups excluding carboxylic acids is 2. The van der Waals surface area contributed by atoms with Crippen molar-refractivity contribution in [1.82, 2.24) is 10.2 Å². The zero-order valence-electron chi connectivity index (χ0n) is 15.2. The molecule has 1 aliphatic carbocycles. The molecule has 1 heterocycles. The van der Waals surface area contributed by atoms with Crippen LogP contribution in [-0.2, 0) is 22.4 Å². The molecule has 0 fully saturated rings. The van der Waals surface area contributed by atoms with Crippen LogP contribution in [0, 0.1) is 5.41 Å². The molecule has 0 saturated heterocycles. The molecule has 5 nitrogen and oxygen atoms in total. The highest BCUT2D eigenvalue weighted by Gasteiger charge is 2.31. The van der Waals surface area contributed by atoms with Crippen LogP contribution in [0.3, 0.4) is 0 Å². The topological polar surface area (TPSA) is 72.1 Å². The zero-order chi connectivity index (χ0) is 18.4. The maximum Gasteiger partial charge on any atom is 0.314 e. The van der Waals surface area contributed by atoms with E-state index >= 15 is 0 Å². The molecule has 0 radical (unpaired) electrons. The number of rotatable bonds is 7. The molecule has 1 N–H and O–H groups in total. The Morgan fingerprint density at radius 3 is 2.84 bits per heavy atom. The van der Waals surface area contributed by atoms with Crippen LogP contribution in [-0.4, -0.2) is 28.6 Å². The molecular formula is C20H26N2O3. The number of hydrogen-bond donors (Lipinski definition) is 1. The van der Waals surface area contributed by atoms with Gasteiger partial charge in [-0.3, -0.25) is 14.7 Å². The Balaban J connectivity index is 1.94. The fourth-order valence-electron chi connectivity index (χ4n) is 2.93. The van der Waals surface area contributed by atoms with Gasteiger partial charge in [-0.1, -0.05) is 44.7 Å². The molecule has 0 unspecified atom stereocenters. The predicted molar refractivity (Wildman–Crippen MR) is 97.4 cm³/mol. The molecule has 1 aliphatic rings. The smallest absolute Gasteiger partial charge is 0.314 e. The van der Waals surface area contributed by atoms with Crippen LogP contribution < -0.4 is 0 Å². The second-order valence-corrected chi connectivity index (χ2v) is 7.09. The number of Topliss-reactive ketones (excluding diaryl/α,β-unsaturated/α-hetero) is 1. The average Bonchev–Trinajstić information content (AvgIpc) is 2.96. The van der Waals surface area contributed by atoms with Crippen molar-refractivity contribution in [2.75, 3.05) is 6.61 Å². The fraction of sp³-hybridized carbons (Fsp3) is 0.450. The standard InChI is InChI=1S/C20H26N2O3/c1-5-7-8-14(6-2)13-25-18(24)11-17(23)19-15-9-10-20(3,4)12-16(15)21-22-19/h5-8H,1,9-13H2,2-4H3,(H,21,22)/b8-7-,14-6+. The van der Waals surface area contributed by atoms with E-state index in [0.717, 1.165) is 36.1 Å². The van der Waals surface area contributed by atoms with E-state index in [2.05, 4.69) is 30.6 Å². The van der Waals surface area contributed by atoms with E-state index in [1.807, 2.05) is 19.1 Å². The summed E-state index contributed by atoms with van der Waals surface area (Å²) in [5.74, 6) is -0.824. The van der Waals surface area contributed by atoms with Gasteiger partial charge in [0.2, 0.25) is 0 Å². The van der Waals surface area contributed by atoms with Crippen molar-refractivity contribution in [3.8, 4) is 0 Å². The zero-order valence-corrected chi connectivity index (χ0v) is 15.2. The third-order valence-electron chi connectivity index (χ3n) is 4.45. The lowest BCUT2D eigenvalue weighted by atomic mass is 9.76. The van der Waals surface area contributed by atoms with Gasteiger partial charge in [0.15, 0.2) is 5.78 Å². The lowest BCUT2D eigenvalue weighted by molar-refractivity contribution is -0.141. The van der Waals surface area contributed by atoms with E-state index in [1.165, 1.54) is 0 Å². The normalized spacial score (nSPS) is 16.5. The van der Waals surface area contributed by atoms with Gasteiger partial charge in [-0.15, -0.1) is 0 Å². The van der Waals surface area contributed by atoms with Gasteiger partial charge in [0, 0.05) is 11.3 Å². The van der Waals surface area contributed by atoms with Gasteiger partial charge in [-0.25, -0.2) is 0 Å². The van der Waals surface area contributed by atoms with E-state index in [0.29, 0.717) is 5.69 Å². The summed E-state index contributed by atoms with van der Waals surface area (Å²) < 4.78 is 5.19. The number of hydrogen-bond acceptors (Lipinski definition) is 4. The van der Waals surface area contributed by atoms with Crippen molar-refractivity contribution >= 4 is 11.8 Å². The largest absolute Gasteiger partial charge is 0.460 e. The van der Waals surface area contributed by atoms with Crippen molar-refractivity contribution < 1.29 is 14.3 Å². The Hall–Kier alpha value is -2.43. The Bertz CT molecular complexity index is 723. The summed E-state index contributed by atoms with van der Waals surface area (Å²) in [6, 6.07) is 0. The molecular weight excluding hydrogens is 316 g/mol. The van der Waals surface area contributed by atoms with E-state index in [1.54, 1.807) is 12.2 Å². The number of H-pyrrole nitrogens is 1. The Morgan fingerprint density at radius 1 is 1.40 bits per heavy atom. The molecule has 0 amide bonds. The summed E-state index contributed by atoms with van der Waals surface area (Å²) in [6.45, 7) is 10.0. The second-order valence-electron chi connectivity index (χ2n) is 7.09. The van der Waals surface area contributed by atoms with Crippen LogP contribution in [0.25, 0.3) is 0 Å². The van der Waals surface area contributed by atoms with Gasteiger partial charge in [0.25, 0.3) is 0 Å². The minimum atomic E-state index is -0.538. The summed E-state index contributed by atoms with van der Waals surface area (Å²) in [5, 5.41) is 7.12. The molecule has 25 heavy (non-hydrogen) atoms. The quantitative estimate of drug-likeness (QED) is 0.355.